The molecular formula is C19H24N4O2. The molecule has 0 atom stereocenters. The van der Waals surface area contributed by atoms with Gasteiger partial charge in [-0.2, -0.15) is 0 Å². The fraction of sp³-hybridized carbons (Fsp3) is 0.421. The van der Waals surface area contributed by atoms with Crippen LogP contribution in [-0.4, -0.2) is 35.6 Å². The third-order valence-corrected chi connectivity index (χ3v) is 4.24. The summed E-state index contributed by atoms with van der Waals surface area (Å²) in [5.41, 5.74) is 1.42. The number of hydrogen-bond acceptors (Lipinski definition) is 5. The zero-order valence-electron chi connectivity index (χ0n) is 14.6. The molecular weight excluding hydrogens is 316 g/mol. The monoisotopic (exact) mass is 340 g/mol. The van der Waals surface area contributed by atoms with Crippen molar-refractivity contribution in [1.82, 2.24) is 15.3 Å². The minimum absolute atomic E-state index is 0.198. The Labute approximate surface area is 148 Å². The molecule has 1 aliphatic rings. The minimum atomic E-state index is -0.198. The predicted octanol–water partition coefficient (Wildman–Crippen LogP) is 2.80. The number of piperidine rings is 1. The molecule has 2 aromatic rings. The number of carbonyl (C=O) groups is 1. The van der Waals surface area contributed by atoms with Gasteiger partial charge < -0.3 is 15.0 Å². The van der Waals surface area contributed by atoms with Crippen LogP contribution >= 0.6 is 0 Å². The Bertz CT molecular complexity index is 697. The zero-order chi connectivity index (χ0) is 17.5. The van der Waals surface area contributed by atoms with Gasteiger partial charge in [0, 0.05) is 32.0 Å². The van der Waals surface area contributed by atoms with Crippen LogP contribution in [0.1, 0.15) is 42.1 Å². The van der Waals surface area contributed by atoms with Gasteiger partial charge >= 0.3 is 0 Å². The van der Waals surface area contributed by atoms with Gasteiger partial charge in [0.2, 0.25) is 5.88 Å². The van der Waals surface area contributed by atoms with Crippen LogP contribution in [-0.2, 0) is 6.54 Å². The molecule has 0 bridgehead atoms. The summed E-state index contributed by atoms with van der Waals surface area (Å²) in [5, 5.41) is 2.90. The first-order valence-electron chi connectivity index (χ1n) is 8.84. The van der Waals surface area contributed by atoms with E-state index in [2.05, 4.69) is 20.2 Å². The zero-order valence-corrected chi connectivity index (χ0v) is 14.6. The fourth-order valence-electron chi connectivity index (χ4n) is 2.92. The topological polar surface area (TPSA) is 67.3 Å². The maximum atomic E-state index is 12.4. The summed E-state index contributed by atoms with van der Waals surface area (Å²) in [6, 6.07) is 7.49. The molecule has 1 aliphatic heterocycles. The summed E-state index contributed by atoms with van der Waals surface area (Å²) in [6.07, 6.45) is 7.21. The van der Waals surface area contributed by atoms with E-state index in [9.17, 15) is 4.79 Å². The van der Waals surface area contributed by atoms with Gasteiger partial charge in [0.1, 0.15) is 11.4 Å². The highest BCUT2D eigenvalue weighted by Crippen LogP contribution is 2.18. The number of hydrogen-bond donors (Lipinski definition) is 1. The lowest BCUT2D eigenvalue weighted by Crippen LogP contribution is -2.30. The Morgan fingerprint density at radius 3 is 2.76 bits per heavy atom. The van der Waals surface area contributed by atoms with Crippen LogP contribution in [0.4, 0.5) is 5.82 Å². The van der Waals surface area contributed by atoms with Crippen LogP contribution in [0.15, 0.2) is 36.7 Å². The van der Waals surface area contributed by atoms with E-state index in [0.29, 0.717) is 24.6 Å². The molecule has 2 aromatic heterocycles. The lowest BCUT2D eigenvalue weighted by molar-refractivity contribution is 0.0946. The summed E-state index contributed by atoms with van der Waals surface area (Å²) in [6.45, 7) is 4.91. The van der Waals surface area contributed by atoms with Crippen molar-refractivity contribution < 1.29 is 9.53 Å². The van der Waals surface area contributed by atoms with E-state index < -0.39 is 0 Å². The van der Waals surface area contributed by atoms with Gasteiger partial charge in [-0.25, -0.2) is 9.97 Å². The van der Waals surface area contributed by atoms with Gasteiger partial charge in [-0.1, -0.05) is 6.07 Å². The third-order valence-electron chi connectivity index (χ3n) is 4.24. The van der Waals surface area contributed by atoms with E-state index >= 15 is 0 Å². The number of pyridine rings is 2. The minimum Gasteiger partial charge on any atom is -0.477 e. The van der Waals surface area contributed by atoms with Gasteiger partial charge in [-0.15, -0.1) is 0 Å². The standard InChI is InChI=1S/C19H24N4O2/c1-2-25-19-16(7-6-10-20-19)18(24)22-14-15-8-9-17(21-13-15)23-11-4-3-5-12-23/h6-10,13H,2-5,11-12,14H2,1H3,(H,22,24). The summed E-state index contributed by atoms with van der Waals surface area (Å²) < 4.78 is 5.40. The second-order valence-corrected chi connectivity index (χ2v) is 6.04. The molecule has 6 heteroatoms. The average molecular weight is 340 g/mol. The molecule has 6 nitrogen and oxygen atoms in total. The van der Waals surface area contributed by atoms with Gasteiger partial charge in [0.05, 0.1) is 6.61 Å². The van der Waals surface area contributed by atoms with E-state index in [1.165, 1.54) is 19.3 Å². The summed E-state index contributed by atoms with van der Waals surface area (Å²) >= 11 is 0. The van der Waals surface area contributed by atoms with Crippen LogP contribution in [0, 0.1) is 0 Å². The van der Waals surface area contributed by atoms with Crippen molar-refractivity contribution in [2.45, 2.75) is 32.7 Å². The number of nitrogens with one attached hydrogen (secondary N) is 1. The number of aromatic nitrogens is 2. The molecule has 0 saturated carbocycles. The van der Waals surface area contributed by atoms with Gasteiger partial charge in [0.25, 0.3) is 5.91 Å². The van der Waals surface area contributed by atoms with Crippen molar-refractivity contribution >= 4 is 11.7 Å². The summed E-state index contributed by atoms with van der Waals surface area (Å²) in [5.74, 6) is 1.18. The molecule has 0 spiro atoms. The fourth-order valence-corrected chi connectivity index (χ4v) is 2.92. The van der Waals surface area contributed by atoms with Crippen LogP contribution < -0.4 is 15.0 Å². The third kappa shape index (κ3) is 4.47. The number of rotatable bonds is 6. The SMILES string of the molecule is CCOc1ncccc1C(=O)NCc1ccc(N2CCCCC2)nc1. The predicted molar refractivity (Wildman–Crippen MR) is 96.9 cm³/mol. The summed E-state index contributed by atoms with van der Waals surface area (Å²) in [4.78, 5) is 23.3. The molecule has 1 saturated heterocycles. The number of ether oxygens (including phenoxy) is 1. The molecule has 1 N–H and O–H groups in total. The van der Waals surface area contributed by atoms with E-state index in [4.69, 9.17) is 4.74 Å². The Kier molecular flexibility index (Phi) is 5.82. The molecule has 0 radical (unpaired) electrons. The Morgan fingerprint density at radius 1 is 1.20 bits per heavy atom. The van der Waals surface area contributed by atoms with Crippen molar-refractivity contribution in [3.05, 3.63) is 47.8 Å². The van der Waals surface area contributed by atoms with Crippen molar-refractivity contribution in [2.75, 3.05) is 24.6 Å². The van der Waals surface area contributed by atoms with Crippen LogP contribution in [0.25, 0.3) is 0 Å². The smallest absolute Gasteiger partial charge is 0.257 e. The molecule has 3 rings (SSSR count). The highest BCUT2D eigenvalue weighted by Gasteiger charge is 2.14. The highest BCUT2D eigenvalue weighted by atomic mass is 16.5. The Morgan fingerprint density at radius 2 is 2.04 bits per heavy atom. The maximum absolute atomic E-state index is 12.4. The normalized spacial score (nSPS) is 14.2. The first-order chi connectivity index (χ1) is 12.3. The second-order valence-electron chi connectivity index (χ2n) is 6.04. The van der Waals surface area contributed by atoms with Crippen LogP contribution in [0.5, 0.6) is 5.88 Å². The van der Waals surface area contributed by atoms with E-state index in [1.807, 2.05) is 25.3 Å². The summed E-state index contributed by atoms with van der Waals surface area (Å²) in [7, 11) is 0. The van der Waals surface area contributed by atoms with E-state index in [0.717, 1.165) is 24.5 Å². The van der Waals surface area contributed by atoms with Crippen molar-refractivity contribution in [3.8, 4) is 5.88 Å². The van der Waals surface area contributed by atoms with E-state index in [1.54, 1.807) is 18.3 Å². The first kappa shape index (κ1) is 17.2. The average Bonchev–Trinajstić information content (AvgIpc) is 2.68. The quantitative estimate of drug-likeness (QED) is 0.876. The molecule has 1 fully saturated rings. The molecule has 132 valence electrons. The van der Waals surface area contributed by atoms with Gasteiger partial charge in [-0.3, -0.25) is 4.79 Å². The largest absolute Gasteiger partial charge is 0.477 e. The Balaban J connectivity index is 1.59. The molecule has 0 aromatic carbocycles. The molecule has 1 amide bonds. The molecule has 0 aliphatic carbocycles. The lowest BCUT2D eigenvalue weighted by atomic mass is 10.1. The Hall–Kier alpha value is -2.63. The number of anilines is 1. The van der Waals surface area contributed by atoms with Crippen molar-refractivity contribution in [3.63, 3.8) is 0 Å². The second kappa shape index (κ2) is 8.46. The molecule has 25 heavy (non-hydrogen) atoms. The van der Waals surface area contributed by atoms with Crippen LogP contribution in [0.2, 0.25) is 0 Å². The van der Waals surface area contributed by atoms with Crippen molar-refractivity contribution in [2.24, 2.45) is 0 Å². The highest BCUT2D eigenvalue weighted by molar-refractivity contribution is 5.96. The maximum Gasteiger partial charge on any atom is 0.257 e. The number of nitrogens with zero attached hydrogens (tertiary/aromatic N) is 3. The van der Waals surface area contributed by atoms with E-state index in [-0.39, 0.29) is 5.91 Å². The van der Waals surface area contributed by atoms with Crippen molar-refractivity contribution in [1.29, 1.82) is 0 Å². The number of amides is 1. The number of carbonyl (C=O) groups excluding carboxylic acids is 1. The molecule has 3 heterocycles. The van der Waals surface area contributed by atoms with Gasteiger partial charge in [0.15, 0.2) is 0 Å². The first-order valence-corrected chi connectivity index (χ1v) is 8.84. The lowest BCUT2D eigenvalue weighted by Gasteiger charge is -2.27. The molecule has 0 unspecified atom stereocenters. The van der Waals surface area contributed by atoms with Crippen LogP contribution in [0.3, 0.4) is 0 Å². The van der Waals surface area contributed by atoms with Gasteiger partial charge in [-0.05, 0) is 49.9 Å².